The average Bonchev–Trinajstić information content (AvgIpc) is 3.35. The van der Waals surface area contributed by atoms with E-state index in [0.717, 1.165) is 63.9 Å². The fourth-order valence-electron chi connectivity index (χ4n) is 5.47. The largest absolute Gasteiger partial charge is 0.381 e. The molecule has 0 aromatic rings. The fourth-order valence-corrected chi connectivity index (χ4v) is 5.47. The molecule has 0 amide bonds. The van der Waals surface area contributed by atoms with E-state index in [-0.39, 0.29) is 24.0 Å². The summed E-state index contributed by atoms with van der Waals surface area (Å²) >= 11 is 0. The van der Waals surface area contributed by atoms with Gasteiger partial charge in [-0.1, -0.05) is 12.8 Å². The van der Waals surface area contributed by atoms with Crippen LogP contribution in [0.1, 0.15) is 32.1 Å². The van der Waals surface area contributed by atoms with E-state index in [1.54, 1.807) is 0 Å². The first-order valence-electron chi connectivity index (χ1n) is 10.7. The molecule has 0 aromatic heterocycles. The second kappa shape index (κ2) is 10.6. The molecule has 1 saturated carbocycles. The van der Waals surface area contributed by atoms with Gasteiger partial charge in [0.05, 0.1) is 19.8 Å². The minimum Gasteiger partial charge on any atom is -0.381 e. The quantitative estimate of drug-likeness (QED) is 0.370. The number of fused-ring (bicyclic) bond motifs is 1. The fraction of sp³-hybridized carbons (Fsp3) is 0.950. The molecule has 4 atom stereocenters. The molecule has 0 radical (unpaired) electrons. The van der Waals surface area contributed by atoms with Gasteiger partial charge in [0.2, 0.25) is 0 Å². The summed E-state index contributed by atoms with van der Waals surface area (Å²) in [6.07, 6.45) is 6.84. The van der Waals surface area contributed by atoms with Gasteiger partial charge in [0.25, 0.3) is 0 Å². The normalized spacial score (nSPS) is 33.4. The molecular formula is C20H37IN4O2. The Labute approximate surface area is 181 Å². The van der Waals surface area contributed by atoms with Gasteiger partial charge in [0.1, 0.15) is 0 Å². The number of rotatable bonds is 4. The Morgan fingerprint density at radius 1 is 1.04 bits per heavy atom. The smallest absolute Gasteiger partial charge is 0.193 e. The van der Waals surface area contributed by atoms with E-state index in [0.29, 0.717) is 12.0 Å². The predicted molar refractivity (Wildman–Crippen MR) is 119 cm³/mol. The monoisotopic (exact) mass is 492 g/mol. The van der Waals surface area contributed by atoms with Crippen molar-refractivity contribution in [1.82, 2.24) is 15.1 Å². The van der Waals surface area contributed by atoms with Crippen molar-refractivity contribution >= 4 is 29.9 Å². The van der Waals surface area contributed by atoms with Gasteiger partial charge in [0.15, 0.2) is 5.96 Å². The van der Waals surface area contributed by atoms with Gasteiger partial charge in [-0.3, -0.25) is 9.89 Å². The van der Waals surface area contributed by atoms with Gasteiger partial charge in [-0.15, -0.1) is 24.0 Å². The summed E-state index contributed by atoms with van der Waals surface area (Å²) in [5, 5.41) is 3.73. The van der Waals surface area contributed by atoms with Crippen LogP contribution in [0.15, 0.2) is 4.99 Å². The standard InChI is InChI=1S/C20H36N4O2.HI/c1-21-20(24-13-16-4-2-3-5-17(16)14-24)22-12-19(18-6-9-26-15-18)23-7-10-25-11-8-23;/h16-19H,2-15H2,1H3,(H,21,22);1H. The van der Waals surface area contributed by atoms with Crippen LogP contribution < -0.4 is 5.32 Å². The zero-order chi connectivity index (χ0) is 17.8. The van der Waals surface area contributed by atoms with Crippen LogP contribution in [0.2, 0.25) is 0 Å². The van der Waals surface area contributed by atoms with Gasteiger partial charge in [-0.25, -0.2) is 0 Å². The number of nitrogens with one attached hydrogen (secondary N) is 1. The predicted octanol–water partition coefficient (Wildman–Crippen LogP) is 2.04. The van der Waals surface area contributed by atoms with Gasteiger partial charge in [-0.2, -0.15) is 0 Å². The summed E-state index contributed by atoms with van der Waals surface area (Å²) in [6.45, 7) is 8.95. The Hall–Kier alpha value is -0.120. The number of halogens is 1. The van der Waals surface area contributed by atoms with E-state index in [9.17, 15) is 0 Å². The van der Waals surface area contributed by atoms with Crippen molar-refractivity contribution in [1.29, 1.82) is 0 Å². The van der Waals surface area contributed by atoms with E-state index in [1.807, 2.05) is 7.05 Å². The summed E-state index contributed by atoms with van der Waals surface area (Å²) in [6, 6.07) is 0.517. The van der Waals surface area contributed by atoms with Crippen molar-refractivity contribution in [2.45, 2.75) is 38.1 Å². The molecule has 3 aliphatic heterocycles. The van der Waals surface area contributed by atoms with E-state index in [4.69, 9.17) is 9.47 Å². The summed E-state index contributed by atoms with van der Waals surface area (Å²) < 4.78 is 11.3. The molecule has 4 unspecified atom stereocenters. The highest BCUT2D eigenvalue weighted by molar-refractivity contribution is 14.0. The zero-order valence-electron chi connectivity index (χ0n) is 16.8. The van der Waals surface area contributed by atoms with Gasteiger partial charge in [-0.05, 0) is 31.1 Å². The number of hydrogen-bond acceptors (Lipinski definition) is 4. The molecule has 7 heteroatoms. The molecule has 3 saturated heterocycles. The highest BCUT2D eigenvalue weighted by Crippen LogP contribution is 2.36. The molecule has 27 heavy (non-hydrogen) atoms. The first kappa shape index (κ1) is 21.6. The van der Waals surface area contributed by atoms with Crippen LogP contribution in [-0.4, -0.2) is 88.0 Å². The minimum absolute atomic E-state index is 0. The third-order valence-corrected chi connectivity index (χ3v) is 6.98. The zero-order valence-corrected chi connectivity index (χ0v) is 19.1. The Balaban J connectivity index is 0.00000210. The molecule has 0 aromatic carbocycles. The molecule has 0 bridgehead atoms. The summed E-state index contributed by atoms with van der Waals surface area (Å²) in [7, 11) is 1.94. The highest BCUT2D eigenvalue weighted by Gasteiger charge is 2.36. The first-order chi connectivity index (χ1) is 12.8. The number of guanidine groups is 1. The Bertz CT molecular complexity index is 467. The van der Waals surface area contributed by atoms with Gasteiger partial charge in [0, 0.05) is 58.3 Å². The molecule has 4 aliphatic rings. The summed E-state index contributed by atoms with van der Waals surface area (Å²) in [4.78, 5) is 9.75. The van der Waals surface area contributed by atoms with Crippen molar-refractivity contribution in [3.05, 3.63) is 0 Å². The summed E-state index contributed by atoms with van der Waals surface area (Å²) in [5.41, 5.74) is 0. The summed E-state index contributed by atoms with van der Waals surface area (Å²) in [5.74, 6) is 3.51. The van der Waals surface area contributed by atoms with E-state index in [1.165, 1.54) is 45.2 Å². The van der Waals surface area contributed by atoms with Crippen LogP contribution in [0.25, 0.3) is 0 Å². The molecule has 3 heterocycles. The number of likely N-dealkylation sites (tertiary alicyclic amines) is 1. The van der Waals surface area contributed by atoms with Crippen LogP contribution in [0.5, 0.6) is 0 Å². The molecule has 6 nitrogen and oxygen atoms in total. The number of morpholine rings is 1. The molecule has 0 spiro atoms. The van der Waals surface area contributed by atoms with Crippen LogP contribution in [0.3, 0.4) is 0 Å². The molecule has 4 rings (SSSR count). The third-order valence-electron chi connectivity index (χ3n) is 6.98. The van der Waals surface area contributed by atoms with E-state index < -0.39 is 0 Å². The van der Waals surface area contributed by atoms with Gasteiger partial charge < -0.3 is 19.7 Å². The Kier molecular flexibility index (Phi) is 8.47. The maximum absolute atomic E-state index is 5.70. The van der Waals surface area contributed by atoms with Crippen molar-refractivity contribution in [3.63, 3.8) is 0 Å². The Morgan fingerprint density at radius 3 is 2.33 bits per heavy atom. The lowest BCUT2D eigenvalue weighted by atomic mass is 9.82. The maximum Gasteiger partial charge on any atom is 0.193 e. The van der Waals surface area contributed by atoms with Crippen molar-refractivity contribution in [2.24, 2.45) is 22.7 Å². The minimum atomic E-state index is 0. The lowest BCUT2D eigenvalue weighted by molar-refractivity contribution is 0.00235. The second-order valence-corrected chi connectivity index (χ2v) is 8.48. The second-order valence-electron chi connectivity index (χ2n) is 8.48. The van der Waals surface area contributed by atoms with Crippen LogP contribution in [0, 0.1) is 17.8 Å². The number of nitrogens with zero attached hydrogens (tertiary/aromatic N) is 3. The van der Waals surface area contributed by atoms with Crippen molar-refractivity contribution in [2.75, 3.05) is 66.2 Å². The molecule has 1 N–H and O–H groups in total. The highest BCUT2D eigenvalue weighted by atomic mass is 127. The van der Waals surface area contributed by atoms with Crippen LogP contribution in [-0.2, 0) is 9.47 Å². The molecule has 156 valence electrons. The number of hydrogen-bond donors (Lipinski definition) is 1. The molecule has 4 fully saturated rings. The molecular weight excluding hydrogens is 455 g/mol. The van der Waals surface area contributed by atoms with Crippen molar-refractivity contribution < 1.29 is 9.47 Å². The first-order valence-corrected chi connectivity index (χ1v) is 10.7. The lowest BCUT2D eigenvalue weighted by Crippen LogP contribution is -2.54. The SMILES string of the molecule is CN=C(NCC(C1CCOC1)N1CCOCC1)N1CC2CCCCC2C1.I. The lowest BCUT2D eigenvalue weighted by Gasteiger charge is -2.38. The third kappa shape index (κ3) is 5.28. The van der Waals surface area contributed by atoms with Crippen LogP contribution >= 0.6 is 24.0 Å². The van der Waals surface area contributed by atoms with Crippen LogP contribution in [0.4, 0.5) is 0 Å². The Morgan fingerprint density at radius 2 is 1.74 bits per heavy atom. The van der Waals surface area contributed by atoms with E-state index >= 15 is 0 Å². The maximum atomic E-state index is 5.70. The molecule has 1 aliphatic carbocycles. The number of aliphatic imine (C=N–C) groups is 1. The number of ether oxygens (including phenoxy) is 2. The van der Waals surface area contributed by atoms with Crippen molar-refractivity contribution in [3.8, 4) is 0 Å². The topological polar surface area (TPSA) is 49.3 Å². The van der Waals surface area contributed by atoms with Gasteiger partial charge >= 0.3 is 0 Å². The average molecular weight is 492 g/mol. The van der Waals surface area contributed by atoms with E-state index in [2.05, 4.69) is 20.1 Å².